The van der Waals surface area contributed by atoms with Gasteiger partial charge in [0.25, 0.3) is 0 Å². The number of phenols is 2. The highest BCUT2D eigenvalue weighted by Crippen LogP contribution is 2.23. The quantitative estimate of drug-likeness (QED) is 0.594. The first-order valence-electron chi connectivity index (χ1n) is 6.14. The van der Waals surface area contributed by atoms with Gasteiger partial charge in [-0.2, -0.15) is 0 Å². The SMILES string of the molecule is COC(=O)c1cc(NCc2cc(O)ccc2O)ccc1F.Cl. The maximum Gasteiger partial charge on any atom is 0.340 e. The van der Waals surface area contributed by atoms with Crippen molar-refractivity contribution in [1.29, 1.82) is 0 Å². The summed E-state index contributed by atoms with van der Waals surface area (Å²) in [5.74, 6) is -1.39. The highest BCUT2D eigenvalue weighted by Gasteiger charge is 2.12. The average Bonchev–Trinajstić information content (AvgIpc) is 2.48. The minimum atomic E-state index is -0.767. The van der Waals surface area contributed by atoms with Gasteiger partial charge in [-0.25, -0.2) is 9.18 Å². The molecule has 0 heterocycles. The third kappa shape index (κ3) is 4.02. The molecule has 2 aromatic rings. The third-order valence-electron chi connectivity index (χ3n) is 2.92. The second kappa shape index (κ2) is 7.51. The molecule has 2 rings (SSSR count). The summed E-state index contributed by atoms with van der Waals surface area (Å²) in [7, 11) is 1.17. The second-order valence-electron chi connectivity index (χ2n) is 4.35. The van der Waals surface area contributed by atoms with Crippen LogP contribution in [-0.2, 0) is 11.3 Å². The van der Waals surface area contributed by atoms with Crippen LogP contribution in [0.25, 0.3) is 0 Å². The fraction of sp³-hybridized carbons (Fsp3) is 0.133. The molecular formula is C15H15ClFNO4. The van der Waals surface area contributed by atoms with Gasteiger partial charge in [0.2, 0.25) is 0 Å². The summed E-state index contributed by atoms with van der Waals surface area (Å²) in [6, 6.07) is 8.08. The molecule has 0 saturated heterocycles. The first kappa shape index (κ1) is 17.6. The zero-order valence-electron chi connectivity index (χ0n) is 11.7. The summed E-state index contributed by atoms with van der Waals surface area (Å²) in [4.78, 5) is 11.4. The molecule has 0 aromatic heterocycles. The van der Waals surface area contributed by atoms with Gasteiger partial charge in [-0.15, -0.1) is 12.4 Å². The van der Waals surface area contributed by atoms with Crippen molar-refractivity contribution in [3.63, 3.8) is 0 Å². The van der Waals surface area contributed by atoms with Crippen LogP contribution in [0, 0.1) is 5.82 Å². The number of esters is 1. The molecule has 0 unspecified atom stereocenters. The molecule has 0 fully saturated rings. The number of ether oxygens (including phenoxy) is 1. The number of methoxy groups -OCH3 is 1. The van der Waals surface area contributed by atoms with Crippen LogP contribution in [0.4, 0.5) is 10.1 Å². The van der Waals surface area contributed by atoms with Crippen molar-refractivity contribution >= 4 is 24.1 Å². The fourth-order valence-electron chi connectivity index (χ4n) is 1.81. The lowest BCUT2D eigenvalue weighted by molar-refractivity contribution is 0.0595. The van der Waals surface area contributed by atoms with Crippen LogP contribution < -0.4 is 5.32 Å². The highest BCUT2D eigenvalue weighted by molar-refractivity contribution is 5.90. The van der Waals surface area contributed by atoms with E-state index in [1.165, 1.54) is 37.4 Å². The first-order chi connectivity index (χ1) is 10.0. The van der Waals surface area contributed by atoms with E-state index in [2.05, 4.69) is 10.1 Å². The van der Waals surface area contributed by atoms with Gasteiger partial charge in [-0.3, -0.25) is 0 Å². The van der Waals surface area contributed by atoms with Crippen LogP contribution in [-0.4, -0.2) is 23.3 Å². The average molecular weight is 328 g/mol. The molecule has 2 aromatic carbocycles. The second-order valence-corrected chi connectivity index (χ2v) is 4.35. The lowest BCUT2D eigenvalue weighted by Gasteiger charge is -2.10. The molecule has 0 aliphatic carbocycles. The Bertz CT molecular complexity index is 679. The Morgan fingerprint density at radius 1 is 1.23 bits per heavy atom. The number of halogens is 2. The van der Waals surface area contributed by atoms with E-state index < -0.39 is 11.8 Å². The van der Waals surface area contributed by atoms with Crippen LogP contribution in [0.3, 0.4) is 0 Å². The van der Waals surface area contributed by atoms with Crippen molar-refractivity contribution in [3.05, 3.63) is 53.3 Å². The molecule has 0 spiro atoms. The van der Waals surface area contributed by atoms with Gasteiger partial charge in [-0.05, 0) is 36.4 Å². The topological polar surface area (TPSA) is 78.8 Å². The lowest BCUT2D eigenvalue weighted by atomic mass is 10.1. The van der Waals surface area contributed by atoms with E-state index in [1.807, 2.05) is 0 Å². The van der Waals surface area contributed by atoms with E-state index >= 15 is 0 Å². The Kier molecular flexibility index (Phi) is 6.00. The van der Waals surface area contributed by atoms with Crippen LogP contribution in [0.5, 0.6) is 11.5 Å². The number of aromatic hydroxyl groups is 2. The van der Waals surface area contributed by atoms with Crippen LogP contribution in [0.1, 0.15) is 15.9 Å². The van der Waals surface area contributed by atoms with Crippen molar-refractivity contribution in [1.82, 2.24) is 0 Å². The van der Waals surface area contributed by atoms with Gasteiger partial charge in [-0.1, -0.05) is 0 Å². The van der Waals surface area contributed by atoms with Crippen molar-refractivity contribution in [3.8, 4) is 11.5 Å². The Labute approximate surface area is 132 Å². The largest absolute Gasteiger partial charge is 0.508 e. The number of hydrogen-bond donors (Lipinski definition) is 3. The molecule has 118 valence electrons. The van der Waals surface area contributed by atoms with Crippen molar-refractivity contribution < 1.29 is 24.1 Å². The van der Waals surface area contributed by atoms with E-state index in [9.17, 15) is 19.4 Å². The lowest BCUT2D eigenvalue weighted by Crippen LogP contribution is -2.06. The van der Waals surface area contributed by atoms with E-state index in [0.717, 1.165) is 6.07 Å². The Hall–Kier alpha value is -2.47. The summed E-state index contributed by atoms with van der Waals surface area (Å²) in [5, 5.41) is 22.0. The summed E-state index contributed by atoms with van der Waals surface area (Å²) in [6.45, 7) is 0.201. The number of anilines is 1. The maximum absolute atomic E-state index is 13.5. The number of nitrogens with one attached hydrogen (secondary N) is 1. The first-order valence-corrected chi connectivity index (χ1v) is 6.14. The predicted molar refractivity (Wildman–Crippen MR) is 82.1 cm³/mol. The van der Waals surface area contributed by atoms with Crippen LogP contribution >= 0.6 is 12.4 Å². The molecule has 0 radical (unpaired) electrons. The van der Waals surface area contributed by atoms with E-state index in [-0.39, 0.29) is 36.0 Å². The summed E-state index contributed by atoms with van der Waals surface area (Å²) in [6.07, 6.45) is 0. The number of phenolic OH excluding ortho intramolecular Hbond substituents is 2. The molecule has 0 aliphatic rings. The fourth-order valence-corrected chi connectivity index (χ4v) is 1.81. The summed E-state index contributed by atoms with van der Waals surface area (Å²) >= 11 is 0. The minimum absolute atomic E-state index is 0. The third-order valence-corrected chi connectivity index (χ3v) is 2.92. The van der Waals surface area contributed by atoms with Crippen LogP contribution in [0.2, 0.25) is 0 Å². The zero-order valence-corrected chi connectivity index (χ0v) is 12.5. The van der Waals surface area contributed by atoms with Gasteiger partial charge in [0.15, 0.2) is 0 Å². The molecule has 0 aliphatic heterocycles. The molecule has 7 heteroatoms. The Balaban J connectivity index is 0.00000242. The number of rotatable bonds is 4. The molecule has 0 amide bonds. The van der Waals surface area contributed by atoms with E-state index in [1.54, 1.807) is 0 Å². The molecule has 3 N–H and O–H groups in total. The monoisotopic (exact) mass is 327 g/mol. The summed E-state index contributed by atoms with van der Waals surface area (Å²) in [5.41, 5.74) is 0.779. The molecule has 0 atom stereocenters. The number of hydrogen-bond acceptors (Lipinski definition) is 5. The smallest absolute Gasteiger partial charge is 0.340 e. The zero-order chi connectivity index (χ0) is 15.4. The molecule has 22 heavy (non-hydrogen) atoms. The van der Waals surface area contributed by atoms with Gasteiger partial charge in [0.1, 0.15) is 17.3 Å². The molecule has 5 nitrogen and oxygen atoms in total. The highest BCUT2D eigenvalue weighted by atomic mass is 35.5. The number of carbonyl (C=O) groups is 1. The normalized spacial score (nSPS) is 9.73. The van der Waals surface area contributed by atoms with Crippen molar-refractivity contribution in [2.24, 2.45) is 0 Å². The minimum Gasteiger partial charge on any atom is -0.508 e. The van der Waals surface area contributed by atoms with Gasteiger partial charge < -0.3 is 20.3 Å². The van der Waals surface area contributed by atoms with Crippen molar-refractivity contribution in [2.45, 2.75) is 6.54 Å². The standard InChI is InChI=1S/C15H14FNO4.ClH/c1-21-15(20)12-7-10(2-4-13(12)16)17-8-9-6-11(18)3-5-14(9)19;/h2-7,17-19H,8H2,1H3;1H. The van der Waals surface area contributed by atoms with Gasteiger partial charge in [0, 0.05) is 17.8 Å². The van der Waals surface area contributed by atoms with Gasteiger partial charge >= 0.3 is 5.97 Å². The number of benzene rings is 2. The molecular weight excluding hydrogens is 313 g/mol. The predicted octanol–water partition coefficient (Wildman–Crippen LogP) is 3.06. The van der Waals surface area contributed by atoms with Crippen LogP contribution in [0.15, 0.2) is 36.4 Å². The molecule has 0 bridgehead atoms. The van der Waals surface area contributed by atoms with Crippen molar-refractivity contribution in [2.75, 3.05) is 12.4 Å². The number of carbonyl (C=O) groups excluding carboxylic acids is 1. The Morgan fingerprint density at radius 2 is 1.95 bits per heavy atom. The summed E-state index contributed by atoms with van der Waals surface area (Å²) < 4.78 is 18.0. The Morgan fingerprint density at radius 3 is 2.64 bits per heavy atom. The van der Waals surface area contributed by atoms with E-state index in [0.29, 0.717) is 11.3 Å². The van der Waals surface area contributed by atoms with Gasteiger partial charge in [0.05, 0.1) is 12.7 Å². The maximum atomic E-state index is 13.5. The molecule has 0 saturated carbocycles. The van der Waals surface area contributed by atoms with E-state index in [4.69, 9.17) is 0 Å².